The van der Waals surface area contributed by atoms with Gasteiger partial charge in [-0.3, -0.25) is 0 Å². The van der Waals surface area contributed by atoms with Crippen LogP contribution in [0.3, 0.4) is 0 Å². The summed E-state index contributed by atoms with van der Waals surface area (Å²) in [4.78, 5) is 25.1. The van der Waals surface area contributed by atoms with E-state index in [4.69, 9.17) is 46.0 Å². The van der Waals surface area contributed by atoms with E-state index in [1.807, 2.05) is 0 Å². The van der Waals surface area contributed by atoms with Crippen molar-refractivity contribution in [2.24, 2.45) is 0 Å². The number of hydrogen-bond donors (Lipinski definition) is 3. The molecular formula is H11N3O13Y+3. The van der Waals surface area contributed by atoms with Gasteiger partial charge in [0.15, 0.2) is 0 Å². The van der Waals surface area contributed by atoms with E-state index in [9.17, 15) is 0 Å². The third kappa shape index (κ3) is 1080. The van der Waals surface area contributed by atoms with E-state index in [-0.39, 0.29) is 54.6 Å². The van der Waals surface area contributed by atoms with Crippen LogP contribution in [0.15, 0.2) is 0 Å². The average Bonchev–Trinajstić information content (AvgIpc) is 1.54. The molecule has 0 aromatic carbocycles. The number of hydrogen-bond acceptors (Lipinski definition) is 6. The zero-order valence-corrected chi connectivity index (χ0v) is 10.5. The third-order valence-electron chi connectivity index (χ3n) is 0. The zero-order chi connectivity index (χ0) is 10.7. The summed E-state index contributed by atoms with van der Waals surface area (Å²) in [6, 6.07) is 0. The monoisotopic (exact) mass is 350 g/mol. The minimum absolute atomic E-state index is 0. The van der Waals surface area contributed by atoms with E-state index < -0.39 is 15.3 Å². The summed E-state index contributed by atoms with van der Waals surface area (Å²) in [6.45, 7) is 0. The zero-order valence-electron chi connectivity index (χ0n) is 7.71. The summed E-state index contributed by atoms with van der Waals surface area (Å²) in [5.41, 5.74) is 0. The van der Waals surface area contributed by atoms with E-state index in [1.165, 1.54) is 0 Å². The normalized spacial score (nSPS) is 4.24. The van der Waals surface area contributed by atoms with Gasteiger partial charge in [0.2, 0.25) is 0 Å². The molecule has 0 fully saturated rings. The second kappa shape index (κ2) is 46.9. The predicted molar refractivity (Wildman–Crippen MR) is 40.8 cm³/mol. The molecule has 0 rings (SSSR count). The molecule has 0 bridgehead atoms. The SMILES string of the molecule is O.O.O.O.O=[N+]([O-])O.O=[N+]([O-])O.O=[N+]([O-])O.[Y+3]. The summed E-state index contributed by atoms with van der Waals surface area (Å²) in [5.74, 6) is 0. The molecule has 11 N–H and O–H groups in total. The quantitative estimate of drug-likeness (QED) is 0.280. The molecule has 0 saturated heterocycles. The molecule has 0 saturated carbocycles. The molecule has 0 aliphatic rings. The number of nitrogens with zero attached hydrogens (tertiary/aromatic N) is 3. The first-order valence-electron chi connectivity index (χ1n) is 1.70. The van der Waals surface area contributed by atoms with Crippen LogP contribution in [0, 0.1) is 30.3 Å². The van der Waals surface area contributed by atoms with E-state index in [2.05, 4.69) is 0 Å². The van der Waals surface area contributed by atoms with Crippen LogP contribution in [0.5, 0.6) is 0 Å². The molecule has 0 unspecified atom stereocenters. The molecule has 0 aliphatic heterocycles. The largest absolute Gasteiger partial charge is 3.00 e. The summed E-state index contributed by atoms with van der Waals surface area (Å²) < 4.78 is 0. The maximum absolute atomic E-state index is 8.36. The summed E-state index contributed by atoms with van der Waals surface area (Å²) in [7, 11) is 0. The van der Waals surface area contributed by atoms with Crippen LogP contribution in [-0.2, 0) is 32.7 Å². The molecule has 16 nitrogen and oxygen atoms in total. The van der Waals surface area contributed by atoms with Crippen molar-refractivity contribution >= 4 is 0 Å². The average molecular weight is 350 g/mol. The van der Waals surface area contributed by atoms with Gasteiger partial charge in [-0.15, -0.1) is 30.3 Å². The molecule has 0 aliphatic carbocycles. The van der Waals surface area contributed by atoms with Gasteiger partial charge in [0.1, 0.15) is 0 Å². The Balaban J connectivity index is -0.0000000104. The second-order valence-corrected chi connectivity index (χ2v) is 0.714. The minimum Gasteiger partial charge on any atom is -0.412 e. The van der Waals surface area contributed by atoms with Crippen molar-refractivity contribution in [2.75, 3.05) is 0 Å². The number of rotatable bonds is 0. The van der Waals surface area contributed by atoms with Crippen molar-refractivity contribution in [3.8, 4) is 0 Å². The Hall–Kier alpha value is -1.46. The fourth-order valence-electron chi connectivity index (χ4n) is 0. The van der Waals surface area contributed by atoms with Crippen LogP contribution >= 0.6 is 0 Å². The molecule has 17 heteroatoms. The Morgan fingerprint density at radius 3 is 0.588 bits per heavy atom. The van der Waals surface area contributed by atoms with Gasteiger partial charge in [-0.2, -0.15) is 0 Å². The van der Waals surface area contributed by atoms with Crippen molar-refractivity contribution < 1.29 is 85.5 Å². The van der Waals surface area contributed by atoms with Crippen LogP contribution in [0.4, 0.5) is 0 Å². The molecule has 0 atom stereocenters. The fourth-order valence-corrected chi connectivity index (χ4v) is 0. The molecule has 104 valence electrons. The van der Waals surface area contributed by atoms with E-state index in [0.29, 0.717) is 0 Å². The van der Waals surface area contributed by atoms with Crippen LogP contribution in [0.2, 0.25) is 0 Å². The van der Waals surface area contributed by atoms with Gasteiger partial charge in [-0.25, -0.2) is 0 Å². The molecule has 0 amide bonds. The Labute approximate surface area is 116 Å². The van der Waals surface area contributed by atoms with Crippen molar-refractivity contribution in [3.63, 3.8) is 0 Å². The maximum Gasteiger partial charge on any atom is 3.00 e. The van der Waals surface area contributed by atoms with Crippen LogP contribution in [0.1, 0.15) is 0 Å². The molecule has 0 radical (unpaired) electrons. The Morgan fingerprint density at radius 2 is 0.588 bits per heavy atom. The van der Waals surface area contributed by atoms with Gasteiger partial charge in [-0.05, 0) is 0 Å². The van der Waals surface area contributed by atoms with Crippen molar-refractivity contribution in [1.82, 2.24) is 0 Å². The standard InChI is InChI=1S/3HNO3.4H2O.Y/c3*2-1(3)4;;;;;/h3*(H,2,3,4);4*1H2;/q;;;;;;;+3. The Bertz CT molecular complexity index is 114. The van der Waals surface area contributed by atoms with Crippen molar-refractivity contribution in [2.45, 2.75) is 0 Å². The third-order valence-corrected chi connectivity index (χ3v) is 0. The molecule has 17 heavy (non-hydrogen) atoms. The second-order valence-electron chi connectivity index (χ2n) is 0.714. The summed E-state index contributed by atoms with van der Waals surface area (Å²) in [6.07, 6.45) is 0. The van der Waals surface area contributed by atoms with Crippen LogP contribution in [0.25, 0.3) is 0 Å². The Kier molecular flexibility index (Phi) is 159. The smallest absolute Gasteiger partial charge is 0.412 e. The van der Waals surface area contributed by atoms with Crippen LogP contribution in [-0.4, -0.2) is 52.8 Å². The van der Waals surface area contributed by atoms with Gasteiger partial charge in [0.05, 0.1) is 0 Å². The van der Waals surface area contributed by atoms with Gasteiger partial charge < -0.3 is 37.5 Å². The van der Waals surface area contributed by atoms with E-state index >= 15 is 0 Å². The van der Waals surface area contributed by atoms with Gasteiger partial charge in [0.25, 0.3) is 15.3 Å². The molecular weight excluding hydrogens is 339 g/mol. The van der Waals surface area contributed by atoms with Crippen molar-refractivity contribution in [1.29, 1.82) is 0 Å². The Morgan fingerprint density at radius 1 is 0.588 bits per heavy atom. The van der Waals surface area contributed by atoms with E-state index in [1.54, 1.807) is 0 Å². The molecule has 0 aromatic rings. The molecule has 0 aromatic heterocycles. The van der Waals surface area contributed by atoms with Gasteiger partial charge in [0, 0.05) is 0 Å². The minimum atomic E-state index is -1.50. The first-order valence-corrected chi connectivity index (χ1v) is 1.70. The van der Waals surface area contributed by atoms with Gasteiger partial charge in [-0.1, -0.05) is 0 Å². The molecule has 0 spiro atoms. The fraction of sp³-hybridized carbons (Fsp3) is 0. The van der Waals surface area contributed by atoms with Crippen LogP contribution < -0.4 is 0 Å². The summed E-state index contributed by atoms with van der Waals surface area (Å²) in [5, 5.41) is 40.9. The summed E-state index contributed by atoms with van der Waals surface area (Å²) >= 11 is 0. The van der Waals surface area contributed by atoms with Gasteiger partial charge >= 0.3 is 32.7 Å². The first kappa shape index (κ1) is 57.8. The molecule has 0 heterocycles. The predicted octanol–water partition coefficient (Wildman–Crippen LogP) is -4.34. The first-order chi connectivity index (χ1) is 5.20. The van der Waals surface area contributed by atoms with Crippen molar-refractivity contribution in [3.05, 3.63) is 30.3 Å². The maximum atomic E-state index is 8.36. The topological polar surface area (TPSA) is 316 Å². The van der Waals surface area contributed by atoms with E-state index in [0.717, 1.165) is 0 Å².